The van der Waals surface area contributed by atoms with Crippen molar-refractivity contribution in [1.29, 1.82) is 0 Å². The van der Waals surface area contributed by atoms with Crippen LogP contribution in [0, 0.1) is 13.8 Å². The lowest BCUT2D eigenvalue weighted by atomic mass is 10.1. The Morgan fingerprint density at radius 1 is 1.14 bits per heavy atom. The molecule has 6 nitrogen and oxygen atoms in total. The van der Waals surface area contributed by atoms with Crippen LogP contribution in [0.4, 0.5) is 0 Å². The van der Waals surface area contributed by atoms with Gasteiger partial charge < -0.3 is 18.8 Å². The van der Waals surface area contributed by atoms with Crippen LogP contribution in [-0.2, 0) is 9.47 Å². The van der Waals surface area contributed by atoms with Crippen molar-refractivity contribution in [3.8, 4) is 5.75 Å². The second-order valence-electron chi connectivity index (χ2n) is 6.52. The van der Waals surface area contributed by atoms with E-state index < -0.39 is 5.97 Å². The number of nitrogens with zero attached hydrogens (tertiary/aromatic N) is 1. The number of benzene rings is 1. The van der Waals surface area contributed by atoms with Gasteiger partial charge in [0.15, 0.2) is 6.61 Å². The number of thioether (sulfide) groups is 1. The van der Waals surface area contributed by atoms with Crippen LogP contribution in [0.3, 0.4) is 0 Å². The average molecular weight is 406 g/mol. The molecule has 0 aliphatic rings. The van der Waals surface area contributed by atoms with Gasteiger partial charge in [-0.3, -0.25) is 4.79 Å². The number of ether oxygens (including phenoxy) is 3. The zero-order valence-electron chi connectivity index (χ0n) is 17.2. The van der Waals surface area contributed by atoms with Gasteiger partial charge in [0.1, 0.15) is 11.3 Å². The van der Waals surface area contributed by atoms with E-state index in [4.69, 9.17) is 14.2 Å². The van der Waals surface area contributed by atoms with Crippen molar-refractivity contribution in [1.82, 2.24) is 4.57 Å². The van der Waals surface area contributed by atoms with E-state index in [9.17, 15) is 9.59 Å². The van der Waals surface area contributed by atoms with E-state index in [0.717, 1.165) is 16.3 Å². The van der Waals surface area contributed by atoms with E-state index in [2.05, 4.69) is 4.57 Å². The summed E-state index contributed by atoms with van der Waals surface area (Å²) in [6.07, 6.45) is 1.94. The van der Waals surface area contributed by atoms with Crippen LogP contribution < -0.4 is 4.74 Å². The first kappa shape index (κ1) is 22.0. The Morgan fingerprint density at radius 2 is 1.86 bits per heavy atom. The van der Waals surface area contributed by atoms with Gasteiger partial charge in [0.05, 0.1) is 19.8 Å². The lowest BCUT2D eigenvalue weighted by Crippen LogP contribution is -2.17. The number of carbonyl (C=O) groups is 2. The molecule has 0 saturated carbocycles. The van der Waals surface area contributed by atoms with Gasteiger partial charge in [0.2, 0.25) is 5.78 Å². The van der Waals surface area contributed by atoms with E-state index in [1.54, 1.807) is 31.0 Å². The van der Waals surface area contributed by atoms with E-state index in [0.29, 0.717) is 23.5 Å². The molecule has 2 aromatic rings. The second-order valence-corrected chi connectivity index (χ2v) is 7.40. The van der Waals surface area contributed by atoms with Crippen LogP contribution in [0.2, 0.25) is 0 Å². The number of carbonyl (C=O) groups excluding carboxylic acids is 2. The number of hydrogen-bond acceptors (Lipinski definition) is 6. The Kier molecular flexibility index (Phi) is 7.71. The summed E-state index contributed by atoms with van der Waals surface area (Å²) in [6, 6.07) is 7.17. The Morgan fingerprint density at radius 3 is 2.46 bits per heavy atom. The van der Waals surface area contributed by atoms with Gasteiger partial charge in [-0.15, -0.1) is 11.8 Å². The number of aryl methyl sites for hydroxylation is 1. The molecule has 0 spiro atoms. The minimum atomic E-state index is -0.584. The highest BCUT2D eigenvalue weighted by molar-refractivity contribution is 7.98. The molecule has 0 aliphatic heterocycles. The molecular formula is C21H27NO5S. The highest BCUT2D eigenvalue weighted by Gasteiger charge is 2.21. The summed E-state index contributed by atoms with van der Waals surface area (Å²) in [5.41, 5.74) is 2.65. The maximum absolute atomic E-state index is 12.6. The number of Topliss-reactive ketones (excluding diaryl/α,β-unsaturated/α-hetero) is 1. The van der Waals surface area contributed by atoms with Gasteiger partial charge in [0.25, 0.3) is 0 Å². The SMILES string of the molecule is COCC(C)n1c(C)cc(C(=O)COC(=O)c2ccc(SC)cc2OC)c1C. The Balaban J connectivity index is 2.12. The highest BCUT2D eigenvalue weighted by atomic mass is 32.2. The quantitative estimate of drug-likeness (QED) is 0.356. The molecular weight excluding hydrogens is 378 g/mol. The lowest BCUT2D eigenvalue weighted by Gasteiger charge is -2.17. The Hall–Kier alpha value is -2.25. The smallest absolute Gasteiger partial charge is 0.342 e. The molecule has 1 atom stereocenters. The molecule has 152 valence electrons. The number of methoxy groups -OCH3 is 2. The van der Waals surface area contributed by atoms with Crippen LogP contribution in [0.25, 0.3) is 0 Å². The molecule has 0 aliphatic carbocycles. The third-order valence-electron chi connectivity index (χ3n) is 4.60. The average Bonchev–Trinajstić information content (AvgIpc) is 2.99. The van der Waals surface area contributed by atoms with Crippen LogP contribution in [0.15, 0.2) is 29.2 Å². The monoisotopic (exact) mass is 405 g/mol. The fraction of sp³-hybridized carbons (Fsp3) is 0.429. The molecule has 0 N–H and O–H groups in total. The first-order chi connectivity index (χ1) is 13.3. The van der Waals surface area contributed by atoms with E-state index >= 15 is 0 Å². The fourth-order valence-corrected chi connectivity index (χ4v) is 3.74. The maximum Gasteiger partial charge on any atom is 0.342 e. The van der Waals surface area contributed by atoms with Gasteiger partial charge in [-0.2, -0.15) is 0 Å². The number of aromatic nitrogens is 1. The number of hydrogen-bond donors (Lipinski definition) is 0. The van der Waals surface area contributed by atoms with Crippen molar-refractivity contribution >= 4 is 23.5 Å². The van der Waals surface area contributed by atoms with E-state index in [-0.39, 0.29) is 18.4 Å². The third-order valence-corrected chi connectivity index (χ3v) is 5.32. The largest absolute Gasteiger partial charge is 0.496 e. The first-order valence-corrected chi connectivity index (χ1v) is 10.2. The molecule has 0 amide bonds. The molecule has 1 aromatic carbocycles. The summed E-state index contributed by atoms with van der Waals surface area (Å²) in [5, 5.41) is 0. The number of rotatable bonds is 9. The lowest BCUT2D eigenvalue weighted by molar-refractivity contribution is 0.0471. The van der Waals surface area contributed by atoms with Gasteiger partial charge in [-0.1, -0.05) is 0 Å². The van der Waals surface area contributed by atoms with Gasteiger partial charge >= 0.3 is 5.97 Å². The van der Waals surface area contributed by atoms with Gasteiger partial charge in [-0.05, 0) is 51.3 Å². The van der Waals surface area contributed by atoms with Crippen molar-refractivity contribution in [3.63, 3.8) is 0 Å². The minimum Gasteiger partial charge on any atom is -0.496 e. The zero-order valence-corrected chi connectivity index (χ0v) is 18.0. The predicted molar refractivity (Wildman–Crippen MR) is 110 cm³/mol. The summed E-state index contributed by atoms with van der Waals surface area (Å²) < 4.78 is 17.8. The highest BCUT2D eigenvalue weighted by Crippen LogP contribution is 2.26. The fourth-order valence-electron chi connectivity index (χ4n) is 3.31. The van der Waals surface area contributed by atoms with Crippen LogP contribution in [0.1, 0.15) is 45.1 Å². The molecule has 0 saturated heterocycles. The molecule has 1 unspecified atom stereocenters. The molecule has 2 rings (SSSR count). The van der Waals surface area contributed by atoms with Gasteiger partial charge in [-0.25, -0.2) is 4.79 Å². The third kappa shape index (κ3) is 4.77. The van der Waals surface area contributed by atoms with Crippen molar-refractivity contribution in [2.45, 2.75) is 31.7 Å². The molecule has 0 radical (unpaired) electrons. The van der Waals surface area contributed by atoms with Crippen molar-refractivity contribution < 1.29 is 23.8 Å². The van der Waals surface area contributed by atoms with Crippen molar-refractivity contribution in [2.24, 2.45) is 0 Å². The molecule has 28 heavy (non-hydrogen) atoms. The van der Waals surface area contributed by atoms with Crippen LogP contribution in [0.5, 0.6) is 5.75 Å². The van der Waals surface area contributed by atoms with Crippen LogP contribution in [-0.4, -0.2) is 50.0 Å². The topological polar surface area (TPSA) is 66.8 Å². The second kappa shape index (κ2) is 9.80. The van der Waals surface area contributed by atoms with E-state index in [1.807, 2.05) is 39.2 Å². The molecule has 1 heterocycles. The standard InChI is InChI=1S/C21H27NO5S/c1-13-9-18(15(3)22(13)14(2)11-25-4)19(23)12-27-21(24)17-8-7-16(28-6)10-20(17)26-5/h7-10,14H,11-12H2,1-6H3. The summed E-state index contributed by atoms with van der Waals surface area (Å²) in [4.78, 5) is 26.0. The summed E-state index contributed by atoms with van der Waals surface area (Å²) in [7, 11) is 3.15. The van der Waals surface area contributed by atoms with Crippen molar-refractivity contribution in [3.05, 3.63) is 46.8 Å². The Bertz CT molecular complexity index is 859. The predicted octanol–water partition coefficient (Wildman–Crippen LogP) is 4.08. The summed E-state index contributed by atoms with van der Waals surface area (Å²) >= 11 is 1.55. The first-order valence-electron chi connectivity index (χ1n) is 8.93. The molecule has 7 heteroatoms. The van der Waals surface area contributed by atoms with Crippen molar-refractivity contribution in [2.75, 3.05) is 33.7 Å². The van der Waals surface area contributed by atoms with Gasteiger partial charge in [0, 0.05) is 29.0 Å². The minimum absolute atomic E-state index is 0.105. The normalized spacial score (nSPS) is 11.9. The zero-order chi connectivity index (χ0) is 20.8. The van der Waals surface area contributed by atoms with E-state index in [1.165, 1.54) is 7.11 Å². The number of ketones is 1. The summed E-state index contributed by atoms with van der Waals surface area (Å²) in [5.74, 6) is -0.396. The summed E-state index contributed by atoms with van der Waals surface area (Å²) in [6.45, 7) is 6.08. The molecule has 0 bridgehead atoms. The Labute approximate surface area is 170 Å². The van der Waals surface area contributed by atoms with Crippen LogP contribution >= 0.6 is 11.8 Å². The molecule has 1 aromatic heterocycles. The maximum atomic E-state index is 12.6. The number of esters is 1. The molecule has 0 fully saturated rings.